The lowest BCUT2D eigenvalue weighted by molar-refractivity contribution is 0.333. The first-order valence-corrected chi connectivity index (χ1v) is 10.6. The summed E-state index contributed by atoms with van der Waals surface area (Å²) < 4.78 is 4.98. The number of anilines is 1. The largest absolute Gasteiger partial charge is 0.352 e. The average molecular weight is 407 g/mol. The number of rotatable bonds is 6. The molecule has 0 N–H and O–H groups in total. The van der Waals surface area contributed by atoms with Crippen LogP contribution in [0.3, 0.4) is 0 Å². The Morgan fingerprint density at radius 1 is 0.933 bits per heavy atom. The molecule has 0 unspecified atom stereocenters. The van der Waals surface area contributed by atoms with Crippen LogP contribution in [0.25, 0.3) is 5.82 Å². The van der Waals surface area contributed by atoms with Crippen LogP contribution in [0.15, 0.2) is 52.6 Å². The lowest BCUT2D eigenvalue weighted by Gasteiger charge is -2.32. The summed E-state index contributed by atoms with van der Waals surface area (Å²) in [6.45, 7) is 2.88. The molecular formula is C21H25N7O2. The molecule has 0 radical (unpaired) electrons. The van der Waals surface area contributed by atoms with Crippen molar-refractivity contribution < 1.29 is 0 Å². The highest BCUT2D eigenvalue weighted by atomic mass is 16.1. The number of nitrogens with zero attached hydrogens (tertiary/aromatic N) is 7. The second-order valence-corrected chi connectivity index (χ2v) is 8.24. The molecule has 2 aliphatic rings. The highest BCUT2D eigenvalue weighted by Gasteiger charge is 2.25. The Morgan fingerprint density at radius 2 is 1.73 bits per heavy atom. The lowest BCUT2D eigenvalue weighted by Crippen LogP contribution is -2.40. The van der Waals surface area contributed by atoms with Crippen molar-refractivity contribution in [2.45, 2.75) is 38.8 Å². The van der Waals surface area contributed by atoms with E-state index >= 15 is 0 Å². The molecule has 2 fully saturated rings. The van der Waals surface area contributed by atoms with Crippen LogP contribution in [-0.4, -0.2) is 42.2 Å². The Kier molecular flexibility index (Phi) is 4.94. The summed E-state index contributed by atoms with van der Waals surface area (Å²) in [5.41, 5.74) is -0.103. The maximum atomic E-state index is 12.8. The number of piperidine rings is 1. The molecule has 156 valence electrons. The van der Waals surface area contributed by atoms with Crippen LogP contribution >= 0.6 is 0 Å². The van der Waals surface area contributed by atoms with Crippen LogP contribution in [0.4, 0.5) is 5.82 Å². The molecule has 0 spiro atoms. The monoisotopic (exact) mass is 407 g/mol. The first kappa shape index (κ1) is 18.8. The molecule has 0 amide bonds. The highest BCUT2D eigenvalue weighted by Crippen LogP contribution is 2.30. The summed E-state index contributed by atoms with van der Waals surface area (Å²) in [7, 11) is 0. The second kappa shape index (κ2) is 7.89. The van der Waals surface area contributed by atoms with Gasteiger partial charge in [-0.15, -0.1) is 5.10 Å². The Labute approximate surface area is 173 Å². The SMILES string of the molecule is O=c1c(N2CCC(Cn3nc(-n4cccn4)ccc3=O)CC2)nccn1CC1CC1. The fourth-order valence-corrected chi connectivity index (χ4v) is 4.04. The number of hydrogen-bond donors (Lipinski definition) is 0. The van der Waals surface area contributed by atoms with Gasteiger partial charge in [0.1, 0.15) is 0 Å². The molecule has 0 aromatic carbocycles. The Bertz CT molecular complexity index is 1120. The molecule has 9 heteroatoms. The minimum atomic E-state index is -0.110. The summed E-state index contributed by atoms with van der Waals surface area (Å²) in [5.74, 6) is 2.15. The van der Waals surface area contributed by atoms with Crippen molar-refractivity contribution in [1.29, 1.82) is 0 Å². The standard InChI is InChI=1S/C21H25N7O2/c29-19-5-4-18(27-10-1-8-23-27)24-28(19)15-17-6-11-25(12-7-17)20-21(30)26(13-9-22-20)14-16-2-3-16/h1,4-5,8-10,13,16-17H,2-3,6-7,11-12,14-15H2. The van der Waals surface area contributed by atoms with Crippen molar-refractivity contribution in [3.05, 3.63) is 63.7 Å². The summed E-state index contributed by atoms with van der Waals surface area (Å²) >= 11 is 0. The Morgan fingerprint density at radius 3 is 2.47 bits per heavy atom. The molecule has 30 heavy (non-hydrogen) atoms. The molecule has 1 aliphatic heterocycles. The molecule has 4 heterocycles. The van der Waals surface area contributed by atoms with Gasteiger partial charge in [-0.25, -0.2) is 14.3 Å². The van der Waals surface area contributed by atoms with Gasteiger partial charge in [-0.05, 0) is 49.7 Å². The first-order valence-electron chi connectivity index (χ1n) is 10.6. The fraction of sp³-hybridized carbons (Fsp3) is 0.476. The average Bonchev–Trinajstić information content (AvgIpc) is 3.41. The van der Waals surface area contributed by atoms with E-state index in [9.17, 15) is 9.59 Å². The maximum absolute atomic E-state index is 12.8. The zero-order valence-corrected chi connectivity index (χ0v) is 16.8. The van der Waals surface area contributed by atoms with E-state index in [1.807, 2.05) is 6.07 Å². The third kappa shape index (κ3) is 3.92. The van der Waals surface area contributed by atoms with Gasteiger partial charge in [0, 0.05) is 57.0 Å². The molecule has 1 saturated heterocycles. The van der Waals surface area contributed by atoms with E-state index in [0.29, 0.717) is 30.0 Å². The molecule has 5 rings (SSSR count). The Balaban J connectivity index is 1.25. The molecule has 1 saturated carbocycles. The van der Waals surface area contributed by atoms with Crippen LogP contribution in [0, 0.1) is 11.8 Å². The summed E-state index contributed by atoms with van der Waals surface area (Å²) in [6, 6.07) is 5.04. The van der Waals surface area contributed by atoms with Gasteiger partial charge in [-0.3, -0.25) is 9.59 Å². The van der Waals surface area contributed by atoms with E-state index in [1.54, 1.807) is 40.1 Å². The smallest absolute Gasteiger partial charge is 0.293 e. The normalized spacial score (nSPS) is 17.4. The van der Waals surface area contributed by atoms with Gasteiger partial charge in [-0.2, -0.15) is 5.10 Å². The van der Waals surface area contributed by atoms with E-state index in [-0.39, 0.29) is 11.1 Å². The van der Waals surface area contributed by atoms with Crippen molar-refractivity contribution in [3.8, 4) is 5.82 Å². The van der Waals surface area contributed by atoms with E-state index in [1.165, 1.54) is 23.6 Å². The molecule has 1 aliphatic carbocycles. The quantitative estimate of drug-likeness (QED) is 0.612. The van der Waals surface area contributed by atoms with Gasteiger partial charge in [-0.1, -0.05) is 0 Å². The summed E-state index contributed by atoms with van der Waals surface area (Å²) in [4.78, 5) is 31.5. The van der Waals surface area contributed by atoms with Crippen LogP contribution in [0.1, 0.15) is 25.7 Å². The van der Waals surface area contributed by atoms with Crippen molar-refractivity contribution in [2.24, 2.45) is 11.8 Å². The molecule has 3 aromatic heterocycles. The minimum Gasteiger partial charge on any atom is -0.352 e. The molecule has 3 aromatic rings. The van der Waals surface area contributed by atoms with Gasteiger partial charge in [0.25, 0.3) is 11.1 Å². The number of aromatic nitrogens is 6. The van der Waals surface area contributed by atoms with Gasteiger partial charge in [0.05, 0.1) is 0 Å². The van der Waals surface area contributed by atoms with Gasteiger partial charge in [0.15, 0.2) is 11.6 Å². The van der Waals surface area contributed by atoms with E-state index in [2.05, 4.69) is 20.1 Å². The molecule has 0 bridgehead atoms. The van der Waals surface area contributed by atoms with Gasteiger partial charge < -0.3 is 9.47 Å². The fourth-order valence-electron chi connectivity index (χ4n) is 4.04. The van der Waals surface area contributed by atoms with Crippen molar-refractivity contribution >= 4 is 5.82 Å². The zero-order valence-electron chi connectivity index (χ0n) is 16.8. The summed E-state index contributed by atoms with van der Waals surface area (Å²) in [6.07, 6.45) is 11.2. The first-order chi connectivity index (χ1) is 14.7. The molecular weight excluding hydrogens is 382 g/mol. The second-order valence-electron chi connectivity index (χ2n) is 8.24. The predicted molar refractivity (Wildman–Crippen MR) is 112 cm³/mol. The van der Waals surface area contributed by atoms with Crippen molar-refractivity contribution in [1.82, 2.24) is 29.1 Å². The van der Waals surface area contributed by atoms with Crippen molar-refractivity contribution in [2.75, 3.05) is 18.0 Å². The maximum Gasteiger partial charge on any atom is 0.293 e. The molecule has 9 nitrogen and oxygen atoms in total. The summed E-state index contributed by atoms with van der Waals surface area (Å²) in [5, 5.41) is 8.65. The minimum absolute atomic E-state index is 0.00709. The van der Waals surface area contributed by atoms with Crippen LogP contribution in [0.5, 0.6) is 0 Å². The zero-order chi connectivity index (χ0) is 20.5. The molecule has 0 atom stereocenters. The van der Waals surface area contributed by atoms with E-state index in [0.717, 1.165) is 32.5 Å². The lowest BCUT2D eigenvalue weighted by atomic mass is 9.97. The Hall–Kier alpha value is -3.23. The predicted octanol–water partition coefficient (Wildman–Crippen LogP) is 1.31. The third-order valence-corrected chi connectivity index (χ3v) is 5.98. The van der Waals surface area contributed by atoms with Gasteiger partial charge in [0.2, 0.25) is 0 Å². The van der Waals surface area contributed by atoms with Crippen molar-refractivity contribution in [3.63, 3.8) is 0 Å². The third-order valence-electron chi connectivity index (χ3n) is 5.98. The topological polar surface area (TPSA) is 90.8 Å². The highest BCUT2D eigenvalue weighted by molar-refractivity contribution is 5.36. The van der Waals surface area contributed by atoms with E-state index < -0.39 is 0 Å². The van der Waals surface area contributed by atoms with Crippen LogP contribution in [0.2, 0.25) is 0 Å². The van der Waals surface area contributed by atoms with E-state index in [4.69, 9.17) is 0 Å². The van der Waals surface area contributed by atoms with Crippen LogP contribution < -0.4 is 16.0 Å². The number of hydrogen-bond acceptors (Lipinski definition) is 6. The van der Waals surface area contributed by atoms with Crippen LogP contribution in [-0.2, 0) is 13.1 Å². The van der Waals surface area contributed by atoms with Gasteiger partial charge >= 0.3 is 0 Å².